The molecule has 2 fully saturated rings. The zero-order valence-corrected chi connectivity index (χ0v) is 13.6. The highest BCUT2D eigenvalue weighted by atomic mass is 16.5. The van der Waals surface area contributed by atoms with Crippen molar-refractivity contribution in [1.29, 1.82) is 0 Å². The van der Waals surface area contributed by atoms with Crippen LogP contribution in [0.1, 0.15) is 39.5 Å². The van der Waals surface area contributed by atoms with E-state index in [1.165, 1.54) is 13.5 Å². The molecule has 0 unspecified atom stereocenters. The monoisotopic (exact) mass is 310 g/mol. The maximum atomic E-state index is 12.3. The van der Waals surface area contributed by atoms with Gasteiger partial charge >= 0.3 is 5.97 Å². The molecule has 124 valence electrons. The number of hydrogen-bond donors (Lipinski definition) is 1. The van der Waals surface area contributed by atoms with Crippen molar-refractivity contribution >= 4 is 17.8 Å². The summed E-state index contributed by atoms with van der Waals surface area (Å²) in [5, 5.41) is 2.40. The van der Waals surface area contributed by atoms with Crippen molar-refractivity contribution in [1.82, 2.24) is 10.2 Å². The van der Waals surface area contributed by atoms with Crippen LogP contribution in [0.3, 0.4) is 0 Å². The van der Waals surface area contributed by atoms with Crippen LogP contribution in [-0.2, 0) is 19.1 Å². The van der Waals surface area contributed by atoms with E-state index in [1.807, 2.05) is 4.90 Å². The van der Waals surface area contributed by atoms with Crippen LogP contribution in [0.5, 0.6) is 0 Å². The van der Waals surface area contributed by atoms with Gasteiger partial charge < -0.3 is 15.0 Å². The first-order chi connectivity index (χ1) is 10.4. The third kappa shape index (κ3) is 3.59. The lowest BCUT2D eigenvalue weighted by atomic mass is 9.77. The average molecular weight is 310 g/mol. The number of ether oxygens (including phenoxy) is 1. The molecule has 1 aliphatic carbocycles. The highest BCUT2D eigenvalue weighted by Gasteiger charge is 2.42. The Morgan fingerprint density at radius 2 is 2.05 bits per heavy atom. The second-order valence-corrected chi connectivity index (χ2v) is 6.56. The van der Waals surface area contributed by atoms with Crippen molar-refractivity contribution in [2.24, 2.45) is 17.8 Å². The molecule has 6 nitrogen and oxygen atoms in total. The van der Waals surface area contributed by atoms with Gasteiger partial charge in [-0.05, 0) is 18.3 Å². The fraction of sp³-hybridized carbons (Fsp3) is 0.812. The van der Waals surface area contributed by atoms with Gasteiger partial charge in [0, 0.05) is 26.1 Å². The minimum absolute atomic E-state index is 0.0350. The van der Waals surface area contributed by atoms with Crippen LogP contribution in [0.4, 0.5) is 0 Å². The fourth-order valence-corrected chi connectivity index (χ4v) is 3.53. The molecule has 0 bridgehead atoms. The van der Waals surface area contributed by atoms with E-state index in [0.29, 0.717) is 18.4 Å². The lowest BCUT2D eigenvalue weighted by Crippen LogP contribution is -2.45. The molecule has 0 aromatic rings. The minimum atomic E-state index is -0.448. The number of nitrogens with one attached hydrogen (secondary N) is 1. The summed E-state index contributed by atoms with van der Waals surface area (Å²) in [6.45, 7) is 4.56. The summed E-state index contributed by atoms with van der Waals surface area (Å²) in [6, 6.07) is 0.230. The Labute approximate surface area is 131 Å². The quantitative estimate of drug-likeness (QED) is 0.784. The number of esters is 1. The zero-order chi connectivity index (χ0) is 16.3. The molecule has 0 spiro atoms. The Bertz CT molecular complexity index is 451. The standard InChI is InChI=1S/C16H26N2O4/c1-10-5-4-6-13(11(10)2)18-8-12(7-15(18)20)16(21)22-9-14(19)17-3/h10-13H,4-9H2,1-3H3,(H,17,19)/t10-,11+,12+,13+/m0/s1. The van der Waals surface area contributed by atoms with Crippen molar-refractivity contribution in [3.8, 4) is 0 Å². The predicted octanol–water partition coefficient (Wildman–Crippen LogP) is 0.949. The predicted molar refractivity (Wildman–Crippen MR) is 80.8 cm³/mol. The van der Waals surface area contributed by atoms with E-state index in [4.69, 9.17) is 4.74 Å². The van der Waals surface area contributed by atoms with Gasteiger partial charge in [-0.15, -0.1) is 0 Å². The van der Waals surface area contributed by atoms with E-state index in [-0.39, 0.29) is 30.9 Å². The first-order valence-electron chi connectivity index (χ1n) is 8.10. The van der Waals surface area contributed by atoms with Crippen LogP contribution in [0, 0.1) is 17.8 Å². The molecule has 6 heteroatoms. The van der Waals surface area contributed by atoms with E-state index in [0.717, 1.165) is 12.8 Å². The highest BCUT2D eigenvalue weighted by molar-refractivity contribution is 5.88. The minimum Gasteiger partial charge on any atom is -0.455 e. The lowest BCUT2D eigenvalue weighted by molar-refractivity contribution is -0.152. The van der Waals surface area contributed by atoms with E-state index < -0.39 is 11.9 Å². The topological polar surface area (TPSA) is 75.7 Å². The van der Waals surface area contributed by atoms with Gasteiger partial charge in [0.1, 0.15) is 0 Å². The van der Waals surface area contributed by atoms with Gasteiger partial charge in [0.2, 0.25) is 5.91 Å². The van der Waals surface area contributed by atoms with Crippen LogP contribution >= 0.6 is 0 Å². The maximum Gasteiger partial charge on any atom is 0.311 e. The summed E-state index contributed by atoms with van der Waals surface area (Å²) < 4.78 is 4.98. The van der Waals surface area contributed by atoms with Crippen molar-refractivity contribution in [2.75, 3.05) is 20.2 Å². The molecule has 0 aromatic heterocycles. The Kier molecular flexibility index (Phi) is 5.42. The number of hydrogen-bond acceptors (Lipinski definition) is 4. The third-order valence-corrected chi connectivity index (χ3v) is 5.18. The van der Waals surface area contributed by atoms with Crippen LogP contribution in [0.15, 0.2) is 0 Å². The number of carbonyl (C=O) groups is 3. The van der Waals surface area contributed by atoms with E-state index in [9.17, 15) is 14.4 Å². The molecule has 1 heterocycles. The number of carbonyl (C=O) groups excluding carboxylic acids is 3. The summed E-state index contributed by atoms with van der Waals surface area (Å²) in [6.07, 6.45) is 3.55. The molecule has 1 saturated heterocycles. The Morgan fingerprint density at radius 1 is 1.32 bits per heavy atom. The van der Waals surface area contributed by atoms with Crippen LogP contribution in [0.2, 0.25) is 0 Å². The molecule has 1 saturated carbocycles. The summed E-state index contributed by atoms with van der Waals surface area (Å²) in [4.78, 5) is 37.3. The van der Waals surface area contributed by atoms with Crippen molar-refractivity contribution in [3.63, 3.8) is 0 Å². The van der Waals surface area contributed by atoms with E-state index >= 15 is 0 Å². The van der Waals surface area contributed by atoms with E-state index in [1.54, 1.807) is 0 Å². The second kappa shape index (κ2) is 7.11. The number of likely N-dealkylation sites (N-methyl/N-ethyl adjacent to an activating group) is 1. The van der Waals surface area contributed by atoms with Gasteiger partial charge in [-0.3, -0.25) is 14.4 Å². The Hall–Kier alpha value is -1.59. The molecule has 2 rings (SSSR count). The number of nitrogens with zero attached hydrogens (tertiary/aromatic N) is 1. The van der Waals surface area contributed by atoms with Gasteiger partial charge in [0.15, 0.2) is 6.61 Å². The first kappa shape index (κ1) is 16.8. The van der Waals surface area contributed by atoms with Crippen molar-refractivity contribution < 1.29 is 19.1 Å². The van der Waals surface area contributed by atoms with Gasteiger partial charge in [0.25, 0.3) is 5.91 Å². The Morgan fingerprint density at radius 3 is 2.73 bits per heavy atom. The summed E-state index contributed by atoms with van der Waals surface area (Å²) in [5.74, 6) is -0.140. The summed E-state index contributed by atoms with van der Waals surface area (Å²) >= 11 is 0. The second-order valence-electron chi connectivity index (χ2n) is 6.56. The van der Waals surface area contributed by atoms with Crippen LogP contribution in [-0.4, -0.2) is 48.9 Å². The third-order valence-electron chi connectivity index (χ3n) is 5.18. The SMILES string of the molecule is CNC(=O)COC(=O)[C@@H]1CC(=O)N([C@@H]2CCC[C@H](C)[C@H]2C)C1. The van der Waals surface area contributed by atoms with Gasteiger partial charge in [-0.1, -0.05) is 26.7 Å². The van der Waals surface area contributed by atoms with E-state index in [2.05, 4.69) is 19.2 Å². The molecule has 22 heavy (non-hydrogen) atoms. The maximum absolute atomic E-state index is 12.3. The van der Waals surface area contributed by atoms with Gasteiger partial charge in [0.05, 0.1) is 5.92 Å². The number of amides is 2. The zero-order valence-electron chi connectivity index (χ0n) is 13.6. The van der Waals surface area contributed by atoms with Crippen molar-refractivity contribution in [2.45, 2.75) is 45.6 Å². The molecular formula is C16H26N2O4. The number of rotatable bonds is 4. The fourth-order valence-electron chi connectivity index (χ4n) is 3.53. The largest absolute Gasteiger partial charge is 0.455 e. The molecule has 1 N–H and O–H groups in total. The molecule has 2 aliphatic rings. The molecular weight excluding hydrogens is 284 g/mol. The molecule has 0 aromatic carbocycles. The molecule has 4 atom stereocenters. The molecule has 0 radical (unpaired) electrons. The first-order valence-corrected chi connectivity index (χ1v) is 8.10. The van der Waals surface area contributed by atoms with Crippen LogP contribution < -0.4 is 5.32 Å². The number of likely N-dealkylation sites (tertiary alicyclic amines) is 1. The molecule has 2 amide bonds. The highest BCUT2D eigenvalue weighted by Crippen LogP contribution is 2.35. The molecule has 1 aliphatic heterocycles. The summed E-state index contributed by atoms with van der Waals surface area (Å²) in [7, 11) is 1.49. The van der Waals surface area contributed by atoms with Crippen molar-refractivity contribution in [3.05, 3.63) is 0 Å². The van der Waals surface area contributed by atoms with Gasteiger partial charge in [-0.25, -0.2) is 0 Å². The Balaban J connectivity index is 1.92. The lowest BCUT2D eigenvalue weighted by Gasteiger charge is -2.39. The average Bonchev–Trinajstić information content (AvgIpc) is 2.89. The smallest absolute Gasteiger partial charge is 0.311 e. The van der Waals surface area contributed by atoms with Crippen LogP contribution in [0.25, 0.3) is 0 Å². The summed E-state index contributed by atoms with van der Waals surface area (Å²) in [5.41, 5.74) is 0. The van der Waals surface area contributed by atoms with Gasteiger partial charge in [-0.2, -0.15) is 0 Å². The normalized spacial score (nSPS) is 32.0.